The first-order valence-electron chi connectivity index (χ1n) is 11.1. The van der Waals surface area contributed by atoms with Gasteiger partial charge in [0.05, 0.1) is 21.6 Å². The number of aromatic nitrogens is 3. The molecule has 0 aliphatic heterocycles. The molecule has 7 nitrogen and oxygen atoms in total. The normalized spacial score (nSPS) is 12.9. The van der Waals surface area contributed by atoms with Gasteiger partial charge in [-0.2, -0.15) is 0 Å². The van der Waals surface area contributed by atoms with Crippen LogP contribution in [-0.4, -0.2) is 41.4 Å². The van der Waals surface area contributed by atoms with Crippen molar-refractivity contribution in [3.63, 3.8) is 0 Å². The molecule has 33 heavy (non-hydrogen) atoms. The molecule has 2 heterocycles. The standard InChI is InChI=1S/C25H29N5O2S/c1-19-10-9-16-27-23(19)18-30(17-8-7-15-26)25(33(31,32)20-11-3-2-4-12-20)24-28-21-13-5-6-14-22(21)29-24/h2-6,9-14,16,25H,7-8,15,17-18,26H2,1H3,(H,28,29). The molecule has 0 saturated heterocycles. The summed E-state index contributed by atoms with van der Waals surface area (Å²) in [4.78, 5) is 14.7. The Morgan fingerprint density at radius 3 is 2.48 bits per heavy atom. The average molecular weight is 464 g/mol. The van der Waals surface area contributed by atoms with Crippen molar-refractivity contribution < 1.29 is 8.42 Å². The molecule has 0 aliphatic carbocycles. The minimum absolute atomic E-state index is 0.261. The van der Waals surface area contributed by atoms with E-state index in [1.54, 1.807) is 30.5 Å². The Morgan fingerprint density at radius 2 is 1.76 bits per heavy atom. The highest BCUT2D eigenvalue weighted by molar-refractivity contribution is 7.91. The molecule has 4 rings (SSSR count). The smallest absolute Gasteiger partial charge is 0.201 e. The topological polar surface area (TPSA) is 105 Å². The van der Waals surface area contributed by atoms with E-state index in [0.717, 1.165) is 35.1 Å². The van der Waals surface area contributed by atoms with Gasteiger partial charge < -0.3 is 10.7 Å². The van der Waals surface area contributed by atoms with E-state index in [-0.39, 0.29) is 4.90 Å². The second-order valence-electron chi connectivity index (χ2n) is 8.08. The number of hydrogen-bond acceptors (Lipinski definition) is 6. The highest BCUT2D eigenvalue weighted by Crippen LogP contribution is 2.33. The molecule has 0 bridgehead atoms. The highest BCUT2D eigenvalue weighted by Gasteiger charge is 2.37. The minimum atomic E-state index is -3.80. The molecule has 4 aromatic rings. The number of aryl methyl sites for hydroxylation is 1. The summed E-state index contributed by atoms with van der Waals surface area (Å²) in [5.41, 5.74) is 9.13. The molecular weight excluding hydrogens is 434 g/mol. The number of nitrogens with two attached hydrogens (primary N) is 1. The van der Waals surface area contributed by atoms with Gasteiger partial charge >= 0.3 is 0 Å². The van der Waals surface area contributed by atoms with E-state index in [4.69, 9.17) is 10.7 Å². The highest BCUT2D eigenvalue weighted by atomic mass is 32.2. The third kappa shape index (κ3) is 5.13. The maximum Gasteiger partial charge on any atom is 0.201 e. The van der Waals surface area contributed by atoms with E-state index in [1.165, 1.54) is 0 Å². The van der Waals surface area contributed by atoms with Crippen LogP contribution in [0.15, 0.2) is 77.8 Å². The maximum atomic E-state index is 14.0. The molecule has 0 saturated carbocycles. The number of pyridine rings is 1. The lowest BCUT2D eigenvalue weighted by molar-refractivity contribution is 0.227. The van der Waals surface area contributed by atoms with E-state index in [9.17, 15) is 8.42 Å². The SMILES string of the molecule is Cc1cccnc1CN(CCCCN)C(c1nc2ccccc2[nH]1)S(=O)(=O)c1ccccc1. The first-order chi connectivity index (χ1) is 16.0. The van der Waals surface area contributed by atoms with Crippen molar-refractivity contribution in [3.05, 3.63) is 90.0 Å². The number of para-hydroxylation sites is 2. The van der Waals surface area contributed by atoms with Crippen LogP contribution < -0.4 is 5.73 Å². The van der Waals surface area contributed by atoms with Crippen LogP contribution >= 0.6 is 0 Å². The molecular formula is C25H29N5O2S. The van der Waals surface area contributed by atoms with E-state index >= 15 is 0 Å². The van der Waals surface area contributed by atoms with Gasteiger partial charge in [-0.3, -0.25) is 9.88 Å². The van der Waals surface area contributed by atoms with Crippen molar-refractivity contribution in [2.45, 2.75) is 36.6 Å². The van der Waals surface area contributed by atoms with Crippen LogP contribution in [0.3, 0.4) is 0 Å². The fraction of sp³-hybridized carbons (Fsp3) is 0.280. The summed E-state index contributed by atoms with van der Waals surface area (Å²) < 4.78 is 28.0. The number of unbranched alkanes of at least 4 members (excludes halogenated alkanes) is 1. The average Bonchev–Trinajstić information content (AvgIpc) is 3.24. The number of fused-ring (bicyclic) bond motifs is 1. The Morgan fingerprint density at radius 1 is 1.00 bits per heavy atom. The van der Waals surface area contributed by atoms with Gasteiger partial charge in [-0.25, -0.2) is 13.4 Å². The number of sulfone groups is 1. The zero-order chi connectivity index (χ0) is 23.3. The maximum absolute atomic E-state index is 14.0. The van der Waals surface area contributed by atoms with Gasteiger partial charge in [-0.1, -0.05) is 36.4 Å². The van der Waals surface area contributed by atoms with E-state index in [1.807, 2.05) is 54.3 Å². The quantitative estimate of drug-likeness (QED) is 0.345. The number of aromatic amines is 1. The van der Waals surface area contributed by atoms with Crippen LogP contribution in [0.2, 0.25) is 0 Å². The molecule has 1 unspecified atom stereocenters. The second kappa shape index (κ2) is 10.2. The number of nitrogens with zero attached hydrogens (tertiary/aromatic N) is 3. The van der Waals surface area contributed by atoms with Crippen LogP contribution in [0.25, 0.3) is 11.0 Å². The first kappa shape index (κ1) is 23.1. The van der Waals surface area contributed by atoms with Crippen LogP contribution in [0, 0.1) is 6.92 Å². The summed E-state index contributed by atoms with van der Waals surface area (Å²) in [7, 11) is -3.80. The van der Waals surface area contributed by atoms with Gasteiger partial charge in [0.2, 0.25) is 9.84 Å². The number of imidazole rings is 1. The van der Waals surface area contributed by atoms with Crippen molar-refractivity contribution in [1.82, 2.24) is 19.9 Å². The molecule has 0 spiro atoms. The molecule has 2 aromatic carbocycles. The van der Waals surface area contributed by atoms with Gasteiger partial charge in [-0.15, -0.1) is 0 Å². The molecule has 0 fully saturated rings. The number of benzene rings is 2. The number of nitrogens with one attached hydrogen (secondary N) is 1. The van der Waals surface area contributed by atoms with Gasteiger partial charge in [0, 0.05) is 19.3 Å². The molecule has 1 atom stereocenters. The van der Waals surface area contributed by atoms with Crippen molar-refractivity contribution in [2.75, 3.05) is 13.1 Å². The second-order valence-corrected chi connectivity index (χ2v) is 10.1. The first-order valence-corrected chi connectivity index (χ1v) is 12.6. The monoisotopic (exact) mass is 463 g/mol. The van der Waals surface area contributed by atoms with Crippen molar-refractivity contribution in [2.24, 2.45) is 5.73 Å². The number of rotatable bonds is 10. The van der Waals surface area contributed by atoms with Gasteiger partial charge in [0.1, 0.15) is 5.82 Å². The zero-order valence-corrected chi connectivity index (χ0v) is 19.5. The largest absolute Gasteiger partial charge is 0.340 e. The summed E-state index contributed by atoms with van der Waals surface area (Å²) in [5, 5.41) is -0.994. The van der Waals surface area contributed by atoms with Crippen molar-refractivity contribution in [1.29, 1.82) is 0 Å². The third-order valence-corrected chi connectivity index (χ3v) is 7.75. The predicted molar refractivity (Wildman–Crippen MR) is 130 cm³/mol. The van der Waals surface area contributed by atoms with Gasteiger partial charge in [-0.05, 0) is 62.2 Å². The lowest BCUT2D eigenvalue weighted by atomic mass is 10.2. The van der Waals surface area contributed by atoms with E-state index in [2.05, 4.69) is 9.97 Å². The number of H-pyrrole nitrogens is 1. The summed E-state index contributed by atoms with van der Waals surface area (Å²) in [6.07, 6.45) is 3.31. The fourth-order valence-electron chi connectivity index (χ4n) is 3.96. The molecule has 3 N–H and O–H groups in total. The third-order valence-electron chi connectivity index (χ3n) is 5.71. The van der Waals surface area contributed by atoms with Crippen molar-refractivity contribution >= 4 is 20.9 Å². The Balaban J connectivity index is 1.84. The summed E-state index contributed by atoms with van der Waals surface area (Å²) >= 11 is 0. The molecule has 0 amide bonds. The van der Waals surface area contributed by atoms with E-state index in [0.29, 0.717) is 25.5 Å². The lowest BCUT2D eigenvalue weighted by Crippen LogP contribution is -2.36. The Labute approximate surface area is 194 Å². The Hall–Kier alpha value is -3.07. The van der Waals surface area contributed by atoms with Crippen LogP contribution in [0.5, 0.6) is 0 Å². The molecule has 8 heteroatoms. The van der Waals surface area contributed by atoms with Crippen LogP contribution in [0.4, 0.5) is 0 Å². The van der Waals surface area contributed by atoms with E-state index < -0.39 is 15.2 Å². The zero-order valence-electron chi connectivity index (χ0n) is 18.7. The minimum Gasteiger partial charge on any atom is -0.340 e. The Bertz CT molecular complexity index is 1270. The lowest BCUT2D eigenvalue weighted by Gasteiger charge is -2.30. The fourth-order valence-corrected chi connectivity index (χ4v) is 5.73. The molecule has 2 aromatic heterocycles. The van der Waals surface area contributed by atoms with Crippen LogP contribution in [-0.2, 0) is 16.4 Å². The van der Waals surface area contributed by atoms with Gasteiger partial charge in [0.15, 0.2) is 5.37 Å². The van der Waals surface area contributed by atoms with Crippen molar-refractivity contribution in [3.8, 4) is 0 Å². The number of hydrogen-bond donors (Lipinski definition) is 2. The summed E-state index contributed by atoms with van der Waals surface area (Å²) in [6.45, 7) is 3.46. The predicted octanol–water partition coefficient (Wildman–Crippen LogP) is 3.98. The van der Waals surface area contributed by atoms with Crippen LogP contribution in [0.1, 0.15) is 35.3 Å². The van der Waals surface area contributed by atoms with Gasteiger partial charge in [0.25, 0.3) is 0 Å². The Kier molecular flexibility index (Phi) is 7.17. The molecule has 0 radical (unpaired) electrons. The summed E-state index contributed by atoms with van der Waals surface area (Å²) in [5.74, 6) is 0.404. The summed E-state index contributed by atoms with van der Waals surface area (Å²) in [6, 6.07) is 20.0. The molecule has 172 valence electrons. The molecule has 0 aliphatic rings.